The molecule has 8 heteroatoms. The zero-order valence-electron chi connectivity index (χ0n) is 17.8. The molecule has 0 aliphatic rings. The number of ether oxygens (including phenoxy) is 1. The van der Waals surface area contributed by atoms with Gasteiger partial charge in [0.05, 0.1) is 28.3 Å². The van der Waals surface area contributed by atoms with E-state index in [-0.39, 0.29) is 27.4 Å². The van der Waals surface area contributed by atoms with Crippen LogP contribution in [0.2, 0.25) is 5.02 Å². The quantitative estimate of drug-likeness (QED) is 0.521. The zero-order chi connectivity index (χ0) is 22.3. The Balaban J connectivity index is 2.24. The number of unbranched alkanes of at least 4 members (excludes halogenated alkanes) is 2. The number of halogens is 1. The van der Waals surface area contributed by atoms with Crippen LogP contribution in [0.1, 0.15) is 49.9 Å². The van der Waals surface area contributed by atoms with Crippen LogP contribution in [-0.4, -0.2) is 34.5 Å². The molecule has 1 N–H and O–H groups in total. The van der Waals surface area contributed by atoms with Crippen molar-refractivity contribution in [3.8, 4) is 5.75 Å². The van der Waals surface area contributed by atoms with Gasteiger partial charge in [0.2, 0.25) is 0 Å². The van der Waals surface area contributed by atoms with Gasteiger partial charge in [-0.05, 0) is 55.8 Å². The Bertz CT molecular complexity index is 962. The van der Waals surface area contributed by atoms with E-state index in [0.717, 1.165) is 30.0 Å². The van der Waals surface area contributed by atoms with Gasteiger partial charge in [0.15, 0.2) is 0 Å². The molecule has 6 nitrogen and oxygen atoms in total. The zero-order valence-corrected chi connectivity index (χ0v) is 19.4. The van der Waals surface area contributed by atoms with Crippen LogP contribution in [0.25, 0.3) is 0 Å². The summed E-state index contributed by atoms with van der Waals surface area (Å²) in [5, 5.41) is 3.11. The van der Waals surface area contributed by atoms with Gasteiger partial charge in [-0.2, -0.15) is 0 Å². The molecular formula is C22H29ClN2O4S. The fourth-order valence-corrected chi connectivity index (χ4v) is 4.43. The topological polar surface area (TPSA) is 75.7 Å². The minimum atomic E-state index is -3.88. The van der Waals surface area contributed by atoms with Crippen molar-refractivity contribution in [1.82, 2.24) is 5.32 Å². The van der Waals surface area contributed by atoms with Crippen molar-refractivity contribution in [1.29, 1.82) is 0 Å². The Hall–Kier alpha value is -2.25. The van der Waals surface area contributed by atoms with E-state index >= 15 is 0 Å². The molecule has 0 saturated carbocycles. The third-order valence-corrected chi connectivity index (χ3v) is 7.01. The number of methoxy groups -OCH3 is 1. The van der Waals surface area contributed by atoms with Gasteiger partial charge in [-0.1, -0.05) is 37.8 Å². The van der Waals surface area contributed by atoms with Gasteiger partial charge in [0.25, 0.3) is 15.9 Å². The van der Waals surface area contributed by atoms with Crippen LogP contribution in [0.15, 0.2) is 47.4 Å². The van der Waals surface area contributed by atoms with Crippen molar-refractivity contribution in [2.75, 3.05) is 18.5 Å². The number of rotatable bonds is 10. The minimum Gasteiger partial charge on any atom is -0.497 e. The van der Waals surface area contributed by atoms with E-state index in [9.17, 15) is 13.2 Å². The second-order valence-corrected chi connectivity index (χ2v) is 9.56. The molecule has 0 radical (unpaired) electrons. The number of hydrogen-bond donors (Lipinski definition) is 1. The average molecular weight is 453 g/mol. The number of carbonyl (C=O) groups excluding carboxylic acids is 1. The molecule has 0 heterocycles. The Morgan fingerprint density at radius 2 is 1.83 bits per heavy atom. The molecular weight excluding hydrogens is 424 g/mol. The van der Waals surface area contributed by atoms with Gasteiger partial charge in [0, 0.05) is 13.1 Å². The number of hydrogen-bond acceptors (Lipinski definition) is 4. The molecule has 2 aromatic carbocycles. The van der Waals surface area contributed by atoms with E-state index in [4.69, 9.17) is 16.3 Å². The number of nitrogens with one attached hydrogen (secondary N) is 1. The summed E-state index contributed by atoms with van der Waals surface area (Å²) >= 11 is 6.20. The van der Waals surface area contributed by atoms with Crippen molar-refractivity contribution in [3.05, 3.63) is 53.1 Å². The molecule has 1 unspecified atom stereocenters. The van der Waals surface area contributed by atoms with Crippen LogP contribution in [-0.2, 0) is 10.0 Å². The summed E-state index contributed by atoms with van der Waals surface area (Å²) in [5.74, 6) is 0.246. The average Bonchev–Trinajstić information content (AvgIpc) is 2.73. The van der Waals surface area contributed by atoms with Gasteiger partial charge >= 0.3 is 0 Å². The summed E-state index contributed by atoms with van der Waals surface area (Å²) in [6, 6.07) is 10.8. The molecule has 0 fully saturated rings. The number of sulfonamides is 1. The van der Waals surface area contributed by atoms with Crippen LogP contribution >= 0.6 is 11.6 Å². The predicted octanol–water partition coefficient (Wildman–Crippen LogP) is 4.87. The lowest BCUT2D eigenvalue weighted by atomic mass is 10.1. The highest BCUT2D eigenvalue weighted by molar-refractivity contribution is 7.92. The maximum Gasteiger partial charge on any atom is 0.264 e. The molecule has 2 aromatic rings. The number of carbonyl (C=O) groups is 1. The standard InChI is InChI=1S/C22H29ClN2O4S/c1-5-6-7-8-16(2)24-22(26)20-15-19(13-14-21(20)23)30(27,28)25(3)17-9-11-18(29-4)12-10-17/h9-16H,5-8H2,1-4H3,(H,24,26). The molecule has 0 aromatic heterocycles. The number of amides is 1. The second kappa shape index (κ2) is 10.7. The normalized spacial score (nSPS) is 12.3. The van der Waals surface area contributed by atoms with Crippen molar-refractivity contribution in [2.45, 2.75) is 50.5 Å². The smallest absolute Gasteiger partial charge is 0.264 e. The molecule has 30 heavy (non-hydrogen) atoms. The summed E-state index contributed by atoms with van der Waals surface area (Å²) in [7, 11) is -0.875. The largest absolute Gasteiger partial charge is 0.497 e. The number of benzene rings is 2. The third kappa shape index (κ3) is 5.89. The lowest BCUT2D eigenvalue weighted by molar-refractivity contribution is 0.0938. The van der Waals surface area contributed by atoms with Crippen LogP contribution in [0.5, 0.6) is 5.75 Å². The summed E-state index contributed by atoms with van der Waals surface area (Å²) < 4.78 is 32.4. The molecule has 0 aliphatic carbocycles. The summed E-state index contributed by atoms with van der Waals surface area (Å²) in [6.45, 7) is 4.05. The van der Waals surface area contributed by atoms with E-state index in [1.54, 1.807) is 31.4 Å². The molecule has 0 saturated heterocycles. The first-order valence-electron chi connectivity index (χ1n) is 9.94. The van der Waals surface area contributed by atoms with Gasteiger partial charge in [0.1, 0.15) is 5.75 Å². The fourth-order valence-electron chi connectivity index (χ4n) is 3.00. The highest BCUT2D eigenvalue weighted by Crippen LogP contribution is 2.27. The van der Waals surface area contributed by atoms with Gasteiger partial charge in [-0.25, -0.2) is 8.42 Å². The highest BCUT2D eigenvalue weighted by Gasteiger charge is 2.24. The first-order chi connectivity index (χ1) is 14.2. The van der Waals surface area contributed by atoms with E-state index in [1.807, 2.05) is 6.92 Å². The number of nitrogens with zero attached hydrogens (tertiary/aromatic N) is 1. The van der Waals surface area contributed by atoms with Crippen LogP contribution in [0.4, 0.5) is 5.69 Å². The van der Waals surface area contributed by atoms with Crippen LogP contribution in [0, 0.1) is 0 Å². The van der Waals surface area contributed by atoms with Crippen molar-refractivity contribution >= 4 is 33.2 Å². The molecule has 0 aliphatic heterocycles. The van der Waals surface area contributed by atoms with E-state index in [1.165, 1.54) is 25.2 Å². The van der Waals surface area contributed by atoms with Crippen molar-refractivity contribution in [3.63, 3.8) is 0 Å². The minimum absolute atomic E-state index is 0.00555. The Morgan fingerprint density at radius 3 is 2.43 bits per heavy atom. The molecule has 164 valence electrons. The van der Waals surface area contributed by atoms with Crippen LogP contribution < -0.4 is 14.4 Å². The first-order valence-corrected chi connectivity index (χ1v) is 11.8. The van der Waals surface area contributed by atoms with Crippen LogP contribution in [0.3, 0.4) is 0 Å². The van der Waals surface area contributed by atoms with Gasteiger partial charge in [-0.3, -0.25) is 9.10 Å². The maximum atomic E-state index is 13.1. The van der Waals surface area contributed by atoms with E-state index in [0.29, 0.717) is 11.4 Å². The molecule has 0 spiro atoms. The fraction of sp³-hybridized carbons (Fsp3) is 0.409. The van der Waals surface area contributed by atoms with E-state index in [2.05, 4.69) is 12.2 Å². The van der Waals surface area contributed by atoms with Crippen molar-refractivity contribution in [2.24, 2.45) is 0 Å². The molecule has 0 bridgehead atoms. The van der Waals surface area contributed by atoms with Crippen molar-refractivity contribution < 1.29 is 17.9 Å². The SMILES string of the molecule is CCCCCC(C)NC(=O)c1cc(S(=O)(=O)N(C)c2ccc(OC)cc2)ccc1Cl. The Labute approximate surface area is 184 Å². The second-order valence-electron chi connectivity index (χ2n) is 7.18. The number of anilines is 1. The molecule has 1 atom stereocenters. The van der Waals surface area contributed by atoms with Gasteiger partial charge < -0.3 is 10.1 Å². The summed E-state index contributed by atoms with van der Waals surface area (Å²) in [6.07, 6.45) is 4.09. The Morgan fingerprint density at radius 1 is 1.17 bits per heavy atom. The highest BCUT2D eigenvalue weighted by atomic mass is 35.5. The monoisotopic (exact) mass is 452 g/mol. The maximum absolute atomic E-state index is 13.1. The Kier molecular flexibility index (Phi) is 8.55. The first kappa shape index (κ1) is 24.0. The third-order valence-electron chi connectivity index (χ3n) is 4.90. The van der Waals surface area contributed by atoms with E-state index < -0.39 is 10.0 Å². The summed E-state index contributed by atoms with van der Waals surface area (Å²) in [5.41, 5.74) is 0.615. The summed E-state index contributed by atoms with van der Waals surface area (Å²) in [4.78, 5) is 12.7. The lowest BCUT2D eigenvalue weighted by Crippen LogP contribution is -2.33. The van der Waals surface area contributed by atoms with Gasteiger partial charge in [-0.15, -0.1) is 0 Å². The predicted molar refractivity (Wildman–Crippen MR) is 121 cm³/mol. The molecule has 2 rings (SSSR count). The molecule has 1 amide bonds. The lowest BCUT2D eigenvalue weighted by Gasteiger charge is -2.20.